The highest BCUT2D eigenvalue weighted by atomic mass is 35.5. The Balaban J connectivity index is 2.03. The minimum Gasteiger partial charge on any atom is -0.369 e. The summed E-state index contributed by atoms with van der Waals surface area (Å²) in [6.45, 7) is 0.384. The molecule has 2 aromatic rings. The van der Waals surface area contributed by atoms with Crippen LogP contribution in [-0.4, -0.2) is 26.1 Å². The third kappa shape index (κ3) is 3.60. The molecule has 5 nitrogen and oxygen atoms in total. The van der Waals surface area contributed by atoms with E-state index in [1.165, 1.54) is 0 Å². The molecule has 0 radical (unpaired) electrons. The topological polar surface area (TPSA) is 55.6 Å². The van der Waals surface area contributed by atoms with Crippen LogP contribution < -0.4 is 5.32 Å². The maximum atomic E-state index is 12.6. The molecule has 0 unspecified atom stereocenters. The molecule has 0 amide bonds. The van der Waals surface area contributed by atoms with Crippen LogP contribution in [-0.2, 0) is 19.6 Å². The first-order valence-corrected chi connectivity index (χ1v) is 6.06. The molecule has 0 aromatic carbocycles. The SMILES string of the molecule is Cn1ccnc1CCNc1cc(C(F)(F)F)nc(Cl)n1. The number of imidazole rings is 1. The zero-order valence-corrected chi connectivity index (χ0v) is 11.2. The lowest BCUT2D eigenvalue weighted by molar-refractivity contribution is -0.141. The van der Waals surface area contributed by atoms with Gasteiger partial charge in [0.25, 0.3) is 0 Å². The van der Waals surface area contributed by atoms with E-state index >= 15 is 0 Å². The van der Waals surface area contributed by atoms with Crippen molar-refractivity contribution in [3.8, 4) is 0 Å². The van der Waals surface area contributed by atoms with Crippen LogP contribution in [0.4, 0.5) is 19.0 Å². The maximum Gasteiger partial charge on any atom is 0.433 e. The van der Waals surface area contributed by atoms with Crippen molar-refractivity contribution < 1.29 is 13.2 Å². The third-order valence-corrected chi connectivity index (χ3v) is 2.73. The summed E-state index contributed by atoms with van der Waals surface area (Å²) in [4.78, 5) is 11.0. The van der Waals surface area contributed by atoms with Crippen LogP contribution in [0.3, 0.4) is 0 Å². The van der Waals surface area contributed by atoms with Crippen molar-refractivity contribution in [3.05, 3.63) is 35.3 Å². The van der Waals surface area contributed by atoms with Crippen LogP contribution in [0.1, 0.15) is 11.5 Å². The largest absolute Gasteiger partial charge is 0.433 e. The molecule has 0 aliphatic rings. The number of rotatable bonds is 4. The van der Waals surface area contributed by atoms with Crippen LogP contribution in [0.2, 0.25) is 5.28 Å². The van der Waals surface area contributed by atoms with E-state index in [9.17, 15) is 13.2 Å². The molecule has 2 aromatic heterocycles. The second kappa shape index (κ2) is 5.66. The Hall–Kier alpha value is -1.83. The first kappa shape index (κ1) is 14.6. The molecule has 2 heterocycles. The maximum absolute atomic E-state index is 12.6. The molecule has 0 atom stereocenters. The van der Waals surface area contributed by atoms with Gasteiger partial charge < -0.3 is 9.88 Å². The fourth-order valence-electron chi connectivity index (χ4n) is 1.59. The molecule has 0 aliphatic heterocycles. The lowest BCUT2D eigenvalue weighted by atomic mass is 10.3. The van der Waals surface area contributed by atoms with Gasteiger partial charge in [0.15, 0.2) is 5.69 Å². The molecule has 0 aliphatic carbocycles. The van der Waals surface area contributed by atoms with E-state index in [0.717, 1.165) is 11.9 Å². The number of aromatic nitrogens is 4. The summed E-state index contributed by atoms with van der Waals surface area (Å²) in [5, 5.41) is 2.33. The standard InChI is InChI=1S/C11H11ClF3N5/c1-20-5-4-17-9(20)2-3-16-8-6-7(11(13,14)15)18-10(12)19-8/h4-6H,2-3H2,1H3,(H,16,18,19). The summed E-state index contributed by atoms with van der Waals surface area (Å²) in [5.74, 6) is 0.847. The summed E-state index contributed by atoms with van der Waals surface area (Å²) in [7, 11) is 1.84. The van der Waals surface area contributed by atoms with E-state index in [4.69, 9.17) is 11.6 Å². The Kier molecular flexibility index (Phi) is 4.12. The number of nitrogens with one attached hydrogen (secondary N) is 1. The van der Waals surface area contributed by atoms with Crippen molar-refractivity contribution in [2.45, 2.75) is 12.6 Å². The average molecular weight is 306 g/mol. The Labute approximate surface area is 117 Å². The van der Waals surface area contributed by atoms with Crippen LogP contribution >= 0.6 is 11.6 Å². The van der Waals surface area contributed by atoms with Crippen LogP contribution in [0.5, 0.6) is 0 Å². The highest BCUT2D eigenvalue weighted by Gasteiger charge is 2.33. The molecule has 9 heteroatoms. The summed E-state index contributed by atoms with van der Waals surface area (Å²) in [6.07, 6.45) is -0.563. The van der Waals surface area contributed by atoms with Gasteiger partial charge in [0, 0.05) is 38.5 Å². The first-order chi connectivity index (χ1) is 9.36. The number of aryl methyl sites for hydroxylation is 1. The van der Waals surface area contributed by atoms with Gasteiger partial charge in [-0.15, -0.1) is 0 Å². The van der Waals surface area contributed by atoms with Crippen molar-refractivity contribution in [1.82, 2.24) is 19.5 Å². The lowest BCUT2D eigenvalue weighted by Crippen LogP contribution is -2.13. The molecular formula is C11H11ClF3N5. The zero-order chi connectivity index (χ0) is 14.8. The average Bonchev–Trinajstić information content (AvgIpc) is 2.73. The summed E-state index contributed by atoms with van der Waals surface area (Å²) in [5.41, 5.74) is -1.07. The molecule has 0 saturated heterocycles. The monoisotopic (exact) mass is 305 g/mol. The number of hydrogen-bond acceptors (Lipinski definition) is 4. The van der Waals surface area contributed by atoms with Crippen molar-refractivity contribution in [1.29, 1.82) is 0 Å². The van der Waals surface area contributed by atoms with Crippen LogP contribution in [0, 0.1) is 0 Å². The van der Waals surface area contributed by atoms with E-state index in [-0.39, 0.29) is 5.82 Å². The van der Waals surface area contributed by atoms with E-state index in [2.05, 4.69) is 20.3 Å². The second-order valence-corrected chi connectivity index (χ2v) is 4.37. The number of anilines is 1. The quantitative estimate of drug-likeness (QED) is 0.882. The van der Waals surface area contributed by atoms with Crippen molar-refractivity contribution in [2.24, 2.45) is 7.05 Å². The van der Waals surface area contributed by atoms with Gasteiger partial charge in [-0.1, -0.05) is 0 Å². The molecule has 20 heavy (non-hydrogen) atoms. The minimum atomic E-state index is -4.55. The second-order valence-electron chi connectivity index (χ2n) is 4.04. The summed E-state index contributed by atoms with van der Waals surface area (Å²) >= 11 is 5.48. The smallest absolute Gasteiger partial charge is 0.369 e. The highest BCUT2D eigenvalue weighted by Crippen LogP contribution is 2.29. The minimum absolute atomic E-state index is 0.0338. The Morgan fingerprint density at radius 2 is 2.10 bits per heavy atom. The molecule has 1 N–H and O–H groups in total. The Bertz CT molecular complexity index is 596. The molecule has 0 bridgehead atoms. The van der Waals surface area contributed by atoms with Gasteiger partial charge in [-0.25, -0.2) is 15.0 Å². The van der Waals surface area contributed by atoms with Gasteiger partial charge in [-0.3, -0.25) is 0 Å². The molecule has 108 valence electrons. The first-order valence-electron chi connectivity index (χ1n) is 5.68. The van der Waals surface area contributed by atoms with Gasteiger partial charge in [-0.05, 0) is 11.6 Å². The molecule has 2 rings (SSSR count). The van der Waals surface area contributed by atoms with Crippen molar-refractivity contribution in [3.63, 3.8) is 0 Å². The Morgan fingerprint density at radius 1 is 1.35 bits per heavy atom. The number of nitrogens with zero attached hydrogens (tertiary/aromatic N) is 4. The van der Waals surface area contributed by atoms with Gasteiger partial charge in [0.05, 0.1) is 0 Å². The van der Waals surface area contributed by atoms with Crippen molar-refractivity contribution in [2.75, 3.05) is 11.9 Å². The van der Waals surface area contributed by atoms with Crippen LogP contribution in [0.25, 0.3) is 0 Å². The molecular weight excluding hydrogens is 295 g/mol. The van der Waals surface area contributed by atoms with E-state index < -0.39 is 17.2 Å². The van der Waals surface area contributed by atoms with Gasteiger partial charge in [0.2, 0.25) is 5.28 Å². The predicted molar refractivity (Wildman–Crippen MR) is 67.4 cm³/mol. The fourth-order valence-corrected chi connectivity index (χ4v) is 1.78. The summed E-state index contributed by atoms with van der Waals surface area (Å²) < 4.78 is 39.5. The molecule has 0 spiro atoms. The van der Waals surface area contributed by atoms with Crippen LogP contribution in [0.15, 0.2) is 18.5 Å². The highest BCUT2D eigenvalue weighted by molar-refractivity contribution is 6.28. The number of alkyl halides is 3. The Morgan fingerprint density at radius 3 is 2.70 bits per heavy atom. The third-order valence-electron chi connectivity index (χ3n) is 2.56. The molecule has 0 saturated carbocycles. The van der Waals surface area contributed by atoms with E-state index in [1.54, 1.807) is 12.4 Å². The van der Waals surface area contributed by atoms with Gasteiger partial charge >= 0.3 is 6.18 Å². The van der Waals surface area contributed by atoms with Gasteiger partial charge in [0.1, 0.15) is 11.6 Å². The predicted octanol–water partition coefficient (Wildman–Crippen LogP) is 2.54. The van der Waals surface area contributed by atoms with Crippen molar-refractivity contribution >= 4 is 17.4 Å². The fraction of sp³-hybridized carbons (Fsp3) is 0.364. The zero-order valence-electron chi connectivity index (χ0n) is 10.4. The summed E-state index contributed by atoms with van der Waals surface area (Å²) in [6, 6.07) is 0.824. The number of halogens is 4. The van der Waals surface area contributed by atoms with Gasteiger partial charge in [-0.2, -0.15) is 13.2 Å². The normalized spacial score (nSPS) is 11.7. The van der Waals surface area contributed by atoms with E-state index in [0.29, 0.717) is 13.0 Å². The van der Waals surface area contributed by atoms with E-state index in [1.807, 2.05) is 11.6 Å². The molecule has 0 fully saturated rings. The lowest BCUT2D eigenvalue weighted by Gasteiger charge is -2.09. The number of hydrogen-bond donors (Lipinski definition) is 1.